The van der Waals surface area contributed by atoms with Crippen LogP contribution < -0.4 is 10.6 Å². The number of nitrogens with zero attached hydrogens (tertiary/aromatic N) is 2. The van der Waals surface area contributed by atoms with E-state index in [-0.39, 0.29) is 5.91 Å². The molecule has 2 aromatic heterocycles. The number of benzene rings is 1. The van der Waals surface area contributed by atoms with E-state index >= 15 is 0 Å². The van der Waals surface area contributed by atoms with Crippen molar-refractivity contribution in [2.45, 2.75) is 18.9 Å². The molecule has 6 heteroatoms. The maximum absolute atomic E-state index is 12.5. The van der Waals surface area contributed by atoms with Crippen LogP contribution in [-0.2, 0) is 6.54 Å². The van der Waals surface area contributed by atoms with Gasteiger partial charge >= 0.3 is 0 Å². The van der Waals surface area contributed by atoms with E-state index in [1.807, 2.05) is 25.4 Å². The summed E-state index contributed by atoms with van der Waals surface area (Å²) in [5, 5.41) is 7.22. The Hall–Kier alpha value is -2.44. The first-order valence-corrected chi connectivity index (χ1v) is 10.1. The first-order valence-electron chi connectivity index (χ1n) is 9.28. The van der Waals surface area contributed by atoms with E-state index < -0.39 is 0 Å². The molecule has 1 atom stereocenters. The lowest BCUT2D eigenvalue weighted by molar-refractivity contribution is 0.0966. The Balaban J connectivity index is 1.61. The number of hydrogen-bond acceptors (Lipinski definition) is 5. The summed E-state index contributed by atoms with van der Waals surface area (Å²) in [6.07, 6.45) is 2.88. The molecule has 1 amide bonds. The third-order valence-electron chi connectivity index (χ3n) is 5.27. The normalized spacial score (nSPS) is 17.3. The van der Waals surface area contributed by atoms with Crippen molar-refractivity contribution < 1.29 is 4.79 Å². The molecule has 5 nitrogen and oxygen atoms in total. The number of rotatable bonds is 5. The molecule has 27 heavy (non-hydrogen) atoms. The summed E-state index contributed by atoms with van der Waals surface area (Å²) in [4.78, 5) is 20.2. The number of carbonyl (C=O) groups is 1. The van der Waals surface area contributed by atoms with Crippen LogP contribution in [0.1, 0.15) is 33.1 Å². The van der Waals surface area contributed by atoms with E-state index in [0.29, 0.717) is 5.92 Å². The molecule has 0 bridgehead atoms. The minimum absolute atomic E-state index is 0.0226. The van der Waals surface area contributed by atoms with Gasteiger partial charge in [-0.2, -0.15) is 0 Å². The number of anilines is 1. The van der Waals surface area contributed by atoms with Gasteiger partial charge < -0.3 is 10.6 Å². The molecule has 140 valence electrons. The number of nitrogens with one attached hydrogen (secondary N) is 2. The molecule has 0 aliphatic carbocycles. The molecular formula is C21H24N4OS. The topological polar surface area (TPSA) is 57.3 Å². The zero-order valence-electron chi connectivity index (χ0n) is 15.7. The number of fused-ring (bicyclic) bond motifs is 1. The average molecular weight is 381 g/mol. The number of pyridine rings is 1. The Bertz CT molecular complexity index is 968. The monoisotopic (exact) mass is 380 g/mol. The Morgan fingerprint density at radius 1 is 1.26 bits per heavy atom. The molecule has 1 aliphatic heterocycles. The van der Waals surface area contributed by atoms with Gasteiger partial charge in [0.15, 0.2) is 0 Å². The largest absolute Gasteiger partial charge is 0.373 e. The van der Waals surface area contributed by atoms with Gasteiger partial charge in [0.1, 0.15) is 5.82 Å². The maximum atomic E-state index is 12.5. The molecule has 0 spiro atoms. The number of thiophene rings is 1. The van der Waals surface area contributed by atoms with E-state index in [2.05, 4.69) is 44.8 Å². The van der Waals surface area contributed by atoms with Crippen LogP contribution in [0.2, 0.25) is 0 Å². The molecular weight excluding hydrogens is 356 g/mol. The minimum Gasteiger partial charge on any atom is -0.373 e. The van der Waals surface area contributed by atoms with Crippen molar-refractivity contribution in [2.75, 3.05) is 32.5 Å². The first kappa shape index (κ1) is 17.9. The molecule has 0 saturated carbocycles. The molecule has 3 heterocycles. The zero-order valence-corrected chi connectivity index (χ0v) is 16.5. The van der Waals surface area contributed by atoms with Crippen LogP contribution in [0, 0.1) is 0 Å². The highest BCUT2D eigenvalue weighted by Crippen LogP contribution is 2.40. The standard InChI is InChI=1S/C21H24N4OS/c1-22-20-15(6-5-10-24-20)13-25-11-9-14(12-25)18-16-7-3-4-8-17(16)27-19(18)21(26)23-2/h3-8,10,14H,9,11-13H2,1-2H3,(H,22,24)(H,23,26)/t14-/m0/s1. The maximum Gasteiger partial charge on any atom is 0.261 e. The molecule has 2 N–H and O–H groups in total. The van der Waals surface area contributed by atoms with Crippen molar-refractivity contribution in [1.82, 2.24) is 15.2 Å². The summed E-state index contributed by atoms with van der Waals surface area (Å²) in [7, 11) is 3.62. The van der Waals surface area contributed by atoms with Crippen molar-refractivity contribution in [3.8, 4) is 0 Å². The molecule has 3 aromatic rings. The quantitative estimate of drug-likeness (QED) is 0.709. The third-order valence-corrected chi connectivity index (χ3v) is 6.46. The van der Waals surface area contributed by atoms with Crippen LogP contribution in [0.25, 0.3) is 10.1 Å². The molecule has 1 fully saturated rings. The van der Waals surface area contributed by atoms with E-state index in [4.69, 9.17) is 0 Å². The lowest BCUT2D eigenvalue weighted by Gasteiger charge is -2.18. The van der Waals surface area contributed by atoms with Crippen LogP contribution in [0.3, 0.4) is 0 Å². The second kappa shape index (κ2) is 7.66. The Kier molecular flexibility index (Phi) is 5.09. The number of hydrogen-bond donors (Lipinski definition) is 2. The smallest absolute Gasteiger partial charge is 0.261 e. The van der Waals surface area contributed by atoms with Gasteiger partial charge in [0.25, 0.3) is 5.91 Å². The number of carbonyl (C=O) groups excluding carboxylic acids is 1. The number of likely N-dealkylation sites (tertiary alicyclic amines) is 1. The van der Waals surface area contributed by atoms with Gasteiger partial charge in [-0.3, -0.25) is 9.69 Å². The van der Waals surface area contributed by atoms with Crippen LogP contribution in [0.5, 0.6) is 0 Å². The van der Waals surface area contributed by atoms with E-state index in [9.17, 15) is 4.79 Å². The van der Waals surface area contributed by atoms with Gasteiger partial charge in [0.05, 0.1) is 4.88 Å². The fourth-order valence-electron chi connectivity index (χ4n) is 4.00. The molecule has 0 radical (unpaired) electrons. The summed E-state index contributed by atoms with van der Waals surface area (Å²) in [5.74, 6) is 1.34. The summed E-state index contributed by atoms with van der Waals surface area (Å²) in [6, 6.07) is 12.5. The second-order valence-corrected chi connectivity index (χ2v) is 7.95. The van der Waals surface area contributed by atoms with Crippen molar-refractivity contribution in [3.05, 3.63) is 58.6 Å². The lowest BCUT2D eigenvalue weighted by atomic mass is 9.95. The van der Waals surface area contributed by atoms with Crippen molar-refractivity contribution >= 4 is 33.1 Å². The Morgan fingerprint density at radius 3 is 2.93 bits per heavy atom. The zero-order chi connectivity index (χ0) is 18.8. The number of aromatic nitrogens is 1. The third kappa shape index (κ3) is 3.42. The summed E-state index contributed by atoms with van der Waals surface area (Å²) in [6.45, 7) is 2.86. The minimum atomic E-state index is 0.0226. The Morgan fingerprint density at radius 2 is 2.11 bits per heavy atom. The van der Waals surface area contributed by atoms with Gasteiger partial charge in [-0.25, -0.2) is 4.98 Å². The van der Waals surface area contributed by atoms with E-state index in [1.165, 1.54) is 21.2 Å². The average Bonchev–Trinajstić information content (AvgIpc) is 3.31. The first-order chi connectivity index (χ1) is 13.2. The van der Waals surface area contributed by atoms with E-state index in [1.54, 1.807) is 18.4 Å². The van der Waals surface area contributed by atoms with Crippen LogP contribution in [0.4, 0.5) is 5.82 Å². The number of amides is 1. The van der Waals surface area contributed by atoms with Gasteiger partial charge in [0.2, 0.25) is 0 Å². The Labute approximate surface area is 163 Å². The second-order valence-electron chi connectivity index (χ2n) is 6.90. The fourth-order valence-corrected chi connectivity index (χ4v) is 5.23. The predicted molar refractivity (Wildman–Crippen MR) is 112 cm³/mol. The highest BCUT2D eigenvalue weighted by atomic mass is 32.1. The summed E-state index contributed by atoms with van der Waals surface area (Å²) < 4.78 is 1.19. The molecule has 4 rings (SSSR count). The molecule has 1 saturated heterocycles. The highest BCUT2D eigenvalue weighted by Gasteiger charge is 2.30. The SMILES string of the molecule is CNC(=O)c1sc2ccccc2c1[C@H]1CCN(Cc2cccnc2NC)C1. The highest BCUT2D eigenvalue weighted by molar-refractivity contribution is 7.21. The van der Waals surface area contributed by atoms with Gasteiger partial charge in [-0.05, 0) is 36.0 Å². The van der Waals surface area contributed by atoms with Crippen molar-refractivity contribution in [1.29, 1.82) is 0 Å². The van der Waals surface area contributed by atoms with Crippen molar-refractivity contribution in [2.24, 2.45) is 0 Å². The van der Waals surface area contributed by atoms with Crippen LogP contribution in [0.15, 0.2) is 42.6 Å². The predicted octanol–water partition coefficient (Wildman–Crippen LogP) is 3.69. The fraction of sp³-hybridized carbons (Fsp3) is 0.333. The van der Waals surface area contributed by atoms with Crippen molar-refractivity contribution in [3.63, 3.8) is 0 Å². The summed E-state index contributed by atoms with van der Waals surface area (Å²) >= 11 is 1.60. The van der Waals surface area contributed by atoms with Gasteiger partial charge in [0, 0.05) is 49.6 Å². The van der Waals surface area contributed by atoms with Crippen LogP contribution >= 0.6 is 11.3 Å². The molecule has 0 unspecified atom stereocenters. The van der Waals surface area contributed by atoms with E-state index in [0.717, 1.165) is 36.8 Å². The van der Waals surface area contributed by atoms with Gasteiger partial charge in [-0.15, -0.1) is 11.3 Å². The lowest BCUT2D eigenvalue weighted by Crippen LogP contribution is -2.22. The van der Waals surface area contributed by atoms with Gasteiger partial charge in [-0.1, -0.05) is 24.3 Å². The molecule has 1 aliphatic rings. The van der Waals surface area contributed by atoms with Crippen LogP contribution in [-0.4, -0.2) is 43.0 Å². The molecule has 1 aromatic carbocycles. The summed E-state index contributed by atoms with van der Waals surface area (Å²) in [5.41, 5.74) is 2.43.